The van der Waals surface area contributed by atoms with Gasteiger partial charge in [0.15, 0.2) is 11.8 Å². The number of anilines is 1. The van der Waals surface area contributed by atoms with Crippen LogP contribution in [0.3, 0.4) is 0 Å². The van der Waals surface area contributed by atoms with Gasteiger partial charge in [-0.3, -0.25) is 24.3 Å². The first-order valence-corrected chi connectivity index (χ1v) is 8.11. The predicted molar refractivity (Wildman–Crippen MR) is 97.7 cm³/mol. The summed E-state index contributed by atoms with van der Waals surface area (Å²) in [4.78, 5) is 51.8. The molecule has 3 aromatic rings. The third-order valence-corrected chi connectivity index (χ3v) is 3.87. The van der Waals surface area contributed by atoms with E-state index in [-0.39, 0.29) is 21.6 Å². The van der Waals surface area contributed by atoms with Crippen LogP contribution in [0.1, 0.15) is 0 Å². The van der Waals surface area contributed by atoms with Gasteiger partial charge in [0.2, 0.25) is 0 Å². The second kappa shape index (κ2) is 7.83. The molecule has 0 atom stereocenters. The molecule has 2 N–H and O–H groups in total. The molecule has 0 saturated carbocycles. The van der Waals surface area contributed by atoms with E-state index >= 15 is 0 Å². The Hall–Kier alpha value is -3.46. The number of amides is 1. The topological polar surface area (TPSA) is 123 Å². The van der Waals surface area contributed by atoms with Gasteiger partial charge in [0, 0.05) is 6.20 Å². The monoisotopic (exact) mass is 388 g/mol. The number of aromatic nitrogens is 3. The smallest absolute Gasteiger partial charge is 0.328 e. The first-order chi connectivity index (χ1) is 13.0. The maximum absolute atomic E-state index is 12.3. The molecule has 0 spiro atoms. The van der Waals surface area contributed by atoms with Crippen LogP contribution < -0.4 is 16.4 Å². The van der Waals surface area contributed by atoms with Gasteiger partial charge in [0.25, 0.3) is 17.0 Å². The Morgan fingerprint density at radius 2 is 1.89 bits per heavy atom. The van der Waals surface area contributed by atoms with E-state index in [9.17, 15) is 19.2 Å². The number of hydrogen-bond donors (Lipinski definition) is 2. The van der Waals surface area contributed by atoms with Crippen LogP contribution in [0.2, 0.25) is 5.15 Å². The molecular weight excluding hydrogens is 376 g/mol. The Kier molecular flexibility index (Phi) is 5.32. The van der Waals surface area contributed by atoms with Crippen molar-refractivity contribution in [1.29, 1.82) is 0 Å². The van der Waals surface area contributed by atoms with E-state index in [1.165, 1.54) is 24.4 Å². The van der Waals surface area contributed by atoms with Crippen molar-refractivity contribution in [1.82, 2.24) is 14.8 Å². The van der Waals surface area contributed by atoms with Crippen LogP contribution in [0.25, 0.3) is 10.8 Å². The maximum Gasteiger partial charge on any atom is 0.328 e. The van der Waals surface area contributed by atoms with Gasteiger partial charge in [-0.2, -0.15) is 0 Å². The first kappa shape index (κ1) is 18.3. The maximum atomic E-state index is 12.3. The number of rotatable bonds is 5. The highest BCUT2D eigenvalue weighted by molar-refractivity contribution is 6.32. The first-order valence-electron chi connectivity index (χ1n) is 7.73. The molecule has 1 aromatic carbocycles. The van der Waals surface area contributed by atoms with Crippen molar-refractivity contribution in [3.05, 3.63) is 68.5 Å². The van der Waals surface area contributed by atoms with E-state index in [2.05, 4.69) is 15.4 Å². The van der Waals surface area contributed by atoms with Gasteiger partial charge >= 0.3 is 5.97 Å². The molecule has 2 aromatic heterocycles. The number of fused-ring (bicyclic) bond motifs is 1. The van der Waals surface area contributed by atoms with Crippen molar-refractivity contribution < 1.29 is 14.3 Å². The van der Waals surface area contributed by atoms with Crippen LogP contribution in [-0.4, -0.2) is 33.2 Å². The second-order valence-electron chi connectivity index (χ2n) is 5.43. The molecule has 0 fully saturated rings. The number of esters is 1. The molecule has 0 aliphatic heterocycles. The van der Waals surface area contributed by atoms with E-state index in [0.29, 0.717) is 0 Å². The third-order valence-electron chi connectivity index (χ3n) is 3.57. The Labute approximate surface area is 156 Å². The summed E-state index contributed by atoms with van der Waals surface area (Å²) < 4.78 is 5.67. The van der Waals surface area contributed by atoms with Gasteiger partial charge in [-0.05, 0) is 24.3 Å². The highest BCUT2D eigenvalue weighted by Crippen LogP contribution is 2.17. The molecule has 2 heterocycles. The van der Waals surface area contributed by atoms with Crippen LogP contribution in [0.15, 0.2) is 52.2 Å². The van der Waals surface area contributed by atoms with Crippen molar-refractivity contribution in [2.45, 2.75) is 6.54 Å². The summed E-state index contributed by atoms with van der Waals surface area (Å²) in [5, 5.41) is 5.24. The van der Waals surface area contributed by atoms with Gasteiger partial charge in [-0.1, -0.05) is 23.7 Å². The molecule has 138 valence electrons. The molecule has 0 unspecified atom stereocenters. The number of ether oxygens (including phenoxy) is 1. The molecule has 0 bridgehead atoms. The standard InChI is InChI=1S/C17H13ClN4O5/c18-15-12(6-3-7-19-15)20-13(23)9-27-14(24)8-22-17(26)11-5-2-1-4-10(11)16(25)21-22/h1-7H,8-9H2,(H,20,23)(H,21,25). The molecule has 27 heavy (non-hydrogen) atoms. The molecule has 0 radical (unpaired) electrons. The molecule has 0 aliphatic carbocycles. The number of carbonyl (C=O) groups is 2. The molecule has 0 aliphatic rings. The van der Waals surface area contributed by atoms with Crippen molar-refractivity contribution >= 4 is 39.9 Å². The molecule has 1 amide bonds. The van der Waals surface area contributed by atoms with E-state index in [4.69, 9.17) is 16.3 Å². The summed E-state index contributed by atoms with van der Waals surface area (Å²) in [6.07, 6.45) is 1.46. The van der Waals surface area contributed by atoms with Crippen LogP contribution in [0, 0.1) is 0 Å². The summed E-state index contributed by atoms with van der Waals surface area (Å²) in [7, 11) is 0. The summed E-state index contributed by atoms with van der Waals surface area (Å²) in [5.41, 5.74) is -0.786. The number of halogens is 1. The second-order valence-corrected chi connectivity index (χ2v) is 5.79. The zero-order chi connectivity index (χ0) is 19.4. The quantitative estimate of drug-likeness (QED) is 0.495. The third kappa shape index (κ3) is 4.21. The summed E-state index contributed by atoms with van der Waals surface area (Å²) in [6, 6.07) is 9.35. The van der Waals surface area contributed by atoms with E-state index in [0.717, 1.165) is 4.68 Å². The van der Waals surface area contributed by atoms with Gasteiger partial charge in [0.05, 0.1) is 16.5 Å². The zero-order valence-corrected chi connectivity index (χ0v) is 14.5. The van der Waals surface area contributed by atoms with Gasteiger partial charge in [0.1, 0.15) is 6.54 Å². The highest BCUT2D eigenvalue weighted by atomic mass is 35.5. The predicted octanol–water partition coefficient (Wildman–Crippen LogP) is 0.920. The number of hydrogen-bond acceptors (Lipinski definition) is 6. The number of pyridine rings is 1. The van der Waals surface area contributed by atoms with Gasteiger partial charge < -0.3 is 10.1 Å². The molecule has 0 saturated heterocycles. The number of nitrogens with one attached hydrogen (secondary N) is 2. The average Bonchev–Trinajstić information content (AvgIpc) is 2.66. The lowest BCUT2D eigenvalue weighted by Gasteiger charge is -2.09. The Morgan fingerprint density at radius 3 is 2.63 bits per heavy atom. The van der Waals surface area contributed by atoms with Gasteiger partial charge in [-0.25, -0.2) is 9.67 Å². The lowest BCUT2D eigenvalue weighted by molar-refractivity contribution is -0.148. The molecule has 3 rings (SSSR count). The molecule has 9 nitrogen and oxygen atoms in total. The van der Waals surface area contributed by atoms with Crippen LogP contribution >= 0.6 is 11.6 Å². The SMILES string of the molecule is O=C(COC(=O)Cn1[nH]c(=O)c2ccccc2c1=O)Nc1cccnc1Cl. The van der Waals surface area contributed by atoms with E-state index < -0.39 is 36.1 Å². The lowest BCUT2D eigenvalue weighted by atomic mass is 10.2. The fraction of sp³-hybridized carbons (Fsp3) is 0.118. The minimum Gasteiger partial charge on any atom is -0.454 e. The van der Waals surface area contributed by atoms with Crippen LogP contribution in [0.5, 0.6) is 0 Å². The minimum atomic E-state index is -0.865. The van der Waals surface area contributed by atoms with Gasteiger partial charge in [-0.15, -0.1) is 0 Å². The minimum absolute atomic E-state index is 0.0949. The normalized spacial score (nSPS) is 10.6. The van der Waals surface area contributed by atoms with Crippen molar-refractivity contribution in [3.63, 3.8) is 0 Å². The summed E-state index contributed by atoms with van der Waals surface area (Å²) in [6.45, 7) is -1.13. The van der Waals surface area contributed by atoms with E-state index in [1.54, 1.807) is 18.2 Å². The largest absolute Gasteiger partial charge is 0.454 e. The number of carbonyl (C=O) groups excluding carboxylic acids is 2. The fourth-order valence-corrected chi connectivity index (χ4v) is 2.51. The van der Waals surface area contributed by atoms with Crippen LogP contribution in [0.4, 0.5) is 5.69 Å². The highest BCUT2D eigenvalue weighted by Gasteiger charge is 2.13. The number of H-pyrrole nitrogens is 1. The average molecular weight is 389 g/mol. The number of benzene rings is 1. The van der Waals surface area contributed by atoms with Crippen molar-refractivity contribution in [3.8, 4) is 0 Å². The number of nitrogens with zero attached hydrogens (tertiary/aromatic N) is 2. The molecular formula is C17H13ClN4O5. The summed E-state index contributed by atoms with van der Waals surface area (Å²) >= 11 is 5.81. The zero-order valence-electron chi connectivity index (χ0n) is 13.8. The van der Waals surface area contributed by atoms with E-state index in [1.807, 2.05) is 0 Å². The van der Waals surface area contributed by atoms with Crippen molar-refractivity contribution in [2.75, 3.05) is 11.9 Å². The molecule has 10 heteroatoms. The number of aromatic amines is 1. The Balaban J connectivity index is 1.65. The lowest BCUT2D eigenvalue weighted by Crippen LogP contribution is -2.33. The summed E-state index contributed by atoms with van der Waals surface area (Å²) in [5.74, 6) is -1.49. The van der Waals surface area contributed by atoms with Crippen molar-refractivity contribution in [2.24, 2.45) is 0 Å². The fourth-order valence-electron chi connectivity index (χ4n) is 2.34. The van der Waals surface area contributed by atoms with Crippen LogP contribution in [-0.2, 0) is 20.9 Å². The Morgan fingerprint density at radius 1 is 1.15 bits per heavy atom. The Bertz CT molecular complexity index is 1140.